The molecule has 29 heavy (non-hydrogen) atoms. The van der Waals surface area contributed by atoms with Crippen LogP contribution in [-0.2, 0) is 19.3 Å². The lowest BCUT2D eigenvalue weighted by Crippen LogP contribution is -2.36. The van der Waals surface area contributed by atoms with E-state index in [9.17, 15) is 17.6 Å². The van der Waals surface area contributed by atoms with Gasteiger partial charge in [0.2, 0.25) is 0 Å². The normalized spacial score (nSPS) is 14.3. The van der Waals surface area contributed by atoms with Gasteiger partial charge in [-0.25, -0.2) is 4.39 Å². The summed E-state index contributed by atoms with van der Waals surface area (Å²) in [4.78, 5) is 4.01. The molecule has 0 spiro atoms. The molecule has 3 rings (SSSR count). The van der Waals surface area contributed by atoms with Crippen LogP contribution in [0.15, 0.2) is 41.4 Å². The van der Waals surface area contributed by atoms with E-state index in [1.54, 1.807) is 0 Å². The Morgan fingerprint density at radius 3 is 2.45 bits per heavy atom. The minimum atomic E-state index is -4.64. The van der Waals surface area contributed by atoms with Crippen molar-refractivity contribution in [3.63, 3.8) is 0 Å². The maximum atomic E-state index is 13.2. The number of benzene rings is 2. The minimum absolute atomic E-state index is 0.0718. The maximum Gasteiger partial charge on any atom is 0.416 e. The summed E-state index contributed by atoms with van der Waals surface area (Å²) in [7, 11) is 1.51. The standard InChI is InChI=1S/C20H21F4N3O2/c1-25-19(27-12-14-4-5-15(21)10-16(14)20(22,23)24)26-11-13-3-6-17-18(9-13)29-8-2-7-28-17/h3-6,9-10H,2,7-8,11-12H2,1H3,(H2,25,26,27). The van der Waals surface area contributed by atoms with Crippen molar-refractivity contribution in [3.05, 3.63) is 58.9 Å². The minimum Gasteiger partial charge on any atom is -0.490 e. The Morgan fingerprint density at radius 1 is 1.00 bits per heavy atom. The largest absolute Gasteiger partial charge is 0.490 e. The SMILES string of the molecule is CN=C(NCc1ccc2c(c1)OCCCO2)NCc1ccc(F)cc1C(F)(F)F. The third-order valence-electron chi connectivity index (χ3n) is 4.32. The number of rotatable bonds is 4. The monoisotopic (exact) mass is 411 g/mol. The van der Waals surface area contributed by atoms with Gasteiger partial charge in [-0.3, -0.25) is 4.99 Å². The van der Waals surface area contributed by atoms with Crippen LogP contribution in [0.1, 0.15) is 23.1 Å². The molecule has 0 aromatic heterocycles. The molecule has 0 saturated heterocycles. The second-order valence-corrected chi connectivity index (χ2v) is 6.41. The highest BCUT2D eigenvalue weighted by atomic mass is 19.4. The quantitative estimate of drug-likeness (QED) is 0.456. The molecule has 0 unspecified atom stereocenters. The summed E-state index contributed by atoms with van der Waals surface area (Å²) in [5.41, 5.74) is -0.184. The lowest BCUT2D eigenvalue weighted by Gasteiger charge is -2.16. The van der Waals surface area contributed by atoms with Crippen LogP contribution in [0.2, 0.25) is 0 Å². The number of ether oxygens (including phenoxy) is 2. The Hall–Kier alpha value is -2.97. The van der Waals surface area contributed by atoms with Gasteiger partial charge in [-0.15, -0.1) is 0 Å². The summed E-state index contributed by atoms with van der Waals surface area (Å²) in [6.07, 6.45) is -3.83. The molecule has 1 heterocycles. The Labute approximate surface area is 165 Å². The summed E-state index contributed by atoms with van der Waals surface area (Å²) in [5, 5.41) is 5.86. The Kier molecular flexibility index (Phi) is 6.46. The van der Waals surface area contributed by atoms with Gasteiger partial charge < -0.3 is 20.1 Å². The van der Waals surface area contributed by atoms with Gasteiger partial charge in [0.05, 0.1) is 18.8 Å². The summed E-state index contributed by atoms with van der Waals surface area (Å²) < 4.78 is 63.8. The molecule has 0 atom stereocenters. The van der Waals surface area contributed by atoms with Crippen LogP contribution in [0.5, 0.6) is 11.5 Å². The molecule has 0 amide bonds. The van der Waals surface area contributed by atoms with E-state index in [0.717, 1.165) is 24.1 Å². The van der Waals surface area contributed by atoms with E-state index in [1.165, 1.54) is 7.05 Å². The van der Waals surface area contributed by atoms with E-state index in [0.29, 0.717) is 43.3 Å². The Balaban J connectivity index is 1.62. The van der Waals surface area contributed by atoms with E-state index in [2.05, 4.69) is 15.6 Å². The molecular weight excluding hydrogens is 390 g/mol. The fourth-order valence-electron chi connectivity index (χ4n) is 2.87. The molecule has 156 valence electrons. The second kappa shape index (κ2) is 9.02. The van der Waals surface area contributed by atoms with Crippen molar-refractivity contribution in [2.45, 2.75) is 25.7 Å². The van der Waals surface area contributed by atoms with Crippen LogP contribution in [-0.4, -0.2) is 26.2 Å². The van der Waals surface area contributed by atoms with E-state index < -0.39 is 17.6 Å². The topological polar surface area (TPSA) is 54.9 Å². The predicted molar refractivity (Wildman–Crippen MR) is 100 cm³/mol. The molecule has 1 aliphatic heterocycles. The molecule has 0 fully saturated rings. The van der Waals surface area contributed by atoms with Gasteiger partial charge in [-0.2, -0.15) is 13.2 Å². The highest BCUT2D eigenvalue weighted by Gasteiger charge is 2.33. The number of alkyl halides is 3. The average Bonchev–Trinajstić information content (AvgIpc) is 2.93. The number of hydrogen-bond acceptors (Lipinski definition) is 3. The smallest absolute Gasteiger partial charge is 0.416 e. The van der Waals surface area contributed by atoms with Crippen LogP contribution in [0.3, 0.4) is 0 Å². The van der Waals surface area contributed by atoms with E-state index in [1.807, 2.05) is 18.2 Å². The van der Waals surface area contributed by atoms with Gasteiger partial charge in [-0.1, -0.05) is 12.1 Å². The summed E-state index contributed by atoms with van der Waals surface area (Å²) in [5.74, 6) is 0.725. The van der Waals surface area contributed by atoms with Crippen LogP contribution in [0, 0.1) is 5.82 Å². The lowest BCUT2D eigenvalue weighted by atomic mass is 10.1. The highest BCUT2D eigenvalue weighted by molar-refractivity contribution is 5.79. The fraction of sp³-hybridized carbons (Fsp3) is 0.350. The van der Waals surface area contributed by atoms with Crippen molar-refractivity contribution < 1.29 is 27.0 Å². The van der Waals surface area contributed by atoms with Crippen molar-refractivity contribution in [1.82, 2.24) is 10.6 Å². The van der Waals surface area contributed by atoms with Crippen LogP contribution in [0.25, 0.3) is 0 Å². The average molecular weight is 411 g/mol. The molecule has 0 saturated carbocycles. The van der Waals surface area contributed by atoms with Crippen molar-refractivity contribution >= 4 is 5.96 Å². The maximum absolute atomic E-state index is 13.2. The molecule has 2 aromatic rings. The summed E-state index contributed by atoms with van der Waals surface area (Å²) >= 11 is 0. The molecule has 0 radical (unpaired) electrons. The van der Waals surface area contributed by atoms with Crippen LogP contribution in [0.4, 0.5) is 17.6 Å². The first-order valence-electron chi connectivity index (χ1n) is 9.05. The molecule has 0 aliphatic carbocycles. The summed E-state index contributed by atoms with van der Waals surface area (Å²) in [6.45, 7) is 1.40. The molecule has 2 N–H and O–H groups in total. The van der Waals surface area contributed by atoms with Crippen molar-refractivity contribution in [2.24, 2.45) is 4.99 Å². The molecule has 0 bridgehead atoms. The van der Waals surface area contributed by atoms with Crippen LogP contribution >= 0.6 is 0 Å². The first-order chi connectivity index (χ1) is 13.9. The fourth-order valence-corrected chi connectivity index (χ4v) is 2.87. The molecule has 9 heteroatoms. The Morgan fingerprint density at radius 2 is 1.72 bits per heavy atom. The van der Waals surface area contributed by atoms with Gasteiger partial charge in [-0.05, 0) is 35.4 Å². The lowest BCUT2D eigenvalue weighted by molar-refractivity contribution is -0.138. The number of fused-ring (bicyclic) bond motifs is 1. The first-order valence-corrected chi connectivity index (χ1v) is 9.05. The first kappa shape index (κ1) is 20.8. The molecule has 2 aromatic carbocycles. The zero-order valence-corrected chi connectivity index (χ0v) is 15.8. The van der Waals surface area contributed by atoms with Crippen molar-refractivity contribution in [1.29, 1.82) is 0 Å². The van der Waals surface area contributed by atoms with E-state index in [-0.39, 0.29) is 12.1 Å². The zero-order valence-electron chi connectivity index (χ0n) is 15.8. The zero-order chi connectivity index (χ0) is 20.9. The number of aliphatic imine (C=N–C) groups is 1. The number of nitrogens with one attached hydrogen (secondary N) is 2. The van der Waals surface area contributed by atoms with Gasteiger partial charge >= 0.3 is 6.18 Å². The van der Waals surface area contributed by atoms with Crippen LogP contribution < -0.4 is 20.1 Å². The highest BCUT2D eigenvalue weighted by Crippen LogP contribution is 2.32. The van der Waals surface area contributed by atoms with Crippen molar-refractivity contribution in [2.75, 3.05) is 20.3 Å². The number of nitrogens with zero attached hydrogens (tertiary/aromatic N) is 1. The van der Waals surface area contributed by atoms with Gasteiger partial charge in [0.1, 0.15) is 5.82 Å². The third kappa shape index (κ3) is 5.52. The number of hydrogen-bond donors (Lipinski definition) is 2. The Bertz CT molecular complexity index is 885. The molecular formula is C20H21F4N3O2. The van der Waals surface area contributed by atoms with Gasteiger partial charge in [0, 0.05) is 26.6 Å². The van der Waals surface area contributed by atoms with E-state index >= 15 is 0 Å². The number of halogens is 4. The second-order valence-electron chi connectivity index (χ2n) is 6.41. The van der Waals surface area contributed by atoms with Gasteiger partial charge in [0.15, 0.2) is 17.5 Å². The third-order valence-corrected chi connectivity index (χ3v) is 4.32. The molecule has 5 nitrogen and oxygen atoms in total. The predicted octanol–water partition coefficient (Wildman–Crippen LogP) is 3.87. The van der Waals surface area contributed by atoms with Crippen molar-refractivity contribution in [3.8, 4) is 11.5 Å². The number of guanidine groups is 1. The summed E-state index contributed by atoms with van der Waals surface area (Å²) in [6, 6.07) is 8.15. The molecule has 1 aliphatic rings. The van der Waals surface area contributed by atoms with Gasteiger partial charge in [0.25, 0.3) is 0 Å². The van der Waals surface area contributed by atoms with E-state index in [4.69, 9.17) is 9.47 Å².